The second kappa shape index (κ2) is 9.39. The molecular weight excluding hydrogens is 430 g/mol. The van der Waals surface area contributed by atoms with Crippen LogP contribution < -0.4 is 9.64 Å². The molecule has 3 aliphatic heterocycles. The van der Waals surface area contributed by atoms with E-state index in [0.717, 1.165) is 32.1 Å². The van der Waals surface area contributed by atoms with Crippen LogP contribution in [0.25, 0.3) is 0 Å². The minimum Gasteiger partial charge on any atom is -0.482 e. The van der Waals surface area contributed by atoms with Crippen LogP contribution in [0.5, 0.6) is 5.75 Å². The van der Waals surface area contributed by atoms with E-state index in [0.29, 0.717) is 49.5 Å². The molecule has 0 N–H and O–H groups in total. The van der Waals surface area contributed by atoms with E-state index in [9.17, 15) is 18.0 Å². The molecule has 3 heterocycles. The van der Waals surface area contributed by atoms with E-state index < -0.39 is 10.0 Å². The fourth-order valence-corrected chi connectivity index (χ4v) is 6.59. The van der Waals surface area contributed by atoms with Crippen LogP contribution in [0.4, 0.5) is 5.69 Å². The number of hydrogen-bond donors (Lipinski definition) is 0. The number of anilines is 1. The summed E-state index contributed by atoms with van der Waals surface area (Å²) in [6.45, 7) is 6.35. The molecule has 0 aromatic heterocycles. The van der Waals surface area contributed by atoms with Crippen molar-refractivity contribution in [1.82, 2.24) is 9.21 Å². The molecule has 2 fully saturated rings. The second-order valence-electron chi connectivity index (χ2n) is 9.46. The van der Waals surface area contributed by atoms with Gasteiger partial charge < -0.3 is 9.64 Å². The van der Waals surface area contributed by atoms with Crippen LogP contribution in [-0.4, -0.2) is 68.8 Å². The molecule has 0 radical (unpaired) electrons. The van der Waals surface area contributed by atoms with Crippen molar-refractivity contribution in [1.29, 1.82) is 0 Å². The van der Waals surface area contributed by atoms with Gasteiger partial charge >= 0.3 is 0 Å². The van der Waals surface area contributed by atoms with E-state index in [4.69, 9.17) is 4.74 Å². The maximum Gasteiger partial charge on any atom is 0.265 e. The predicted octanol–water partition coefficient (Wildman–Crippen LogP) is 2.48. The summed E-state index contributed by atoms with van der Waals surface area (Å²) in [6.07, 6.45) is 4.84. The Labute approximate surface area is 190 Å². The molecule has 0 saturated carbocycles. The second-order valence-corrected chi connectivity index (χ2v) is 11.4. The van der Waals surface area contributed by atoms with Crippen molar-refractivity contribution in [2.45, 2.75) is 50.8 Å². The number of fused-ring (bicyclic) bond motifs is 1. The minimum atomic E-state index is -3.68. The third-order valence-corrected chi connectivity index (χ3v) is 8.49. The Morgan fingerprint density at radius 3 is 2.38 bits per heavy atom. The third-order valence-electron chi connectivity index (χ3n) is 6.59. The van der Waals surface area contributed by atoms with Gasteiger partial charge in [-0.05, 0) is 49.3 Å². The Bertz CT molecular complexity index is 962. The van der Waals surface area contributed by atoms with Gasteiger partial charge in [0.25, 0.3) is 5.91 Å². The summed E-state index contributed by atoms with van der Waals surface area (Å²) in [5, 5.41) is 0. The summed E-state index contributed by atoms with van der Waals surface area (Å²) in [6, 6.07) is 4.61. The molecule has 2 amide bonds. The highest BCUT2D eigenvalue weighted by atomic mass is 32.2. The molecule has 9 heteroatoms. The van der Waals surface area contributed by atoms with E-state index >= 15 is 0 Å². The standard InChI is InChI=1S/C23H33N3O5S/c1-17-11-18(2)14-24(13-17)22(27)15-26-20-12-19(7-8-21(20)31-16-23(26)28)32(29,30)25-9-5-3-4-6-10-25/h7-8,12,17-18H,3-6,9-11,13-16H2,1-2H3/t17-,18-/m0/s1. The van der Waals surface area contributed by atoms with E-state index in [-0.39, 0.29) is 29.9 Å². The predicted molar refractivity (Wildman–Crippen MR) is 121 cm³/mol. The van der Waals surface area contributed by atoms with Gasteiger partial charge in [-0.25, -0.2) is 8.42 Å². The third kappa shape index (κ3) is 4.78. The molecule has 1 aromatic rings. The summed E-state index contributed by atoms with van der Waals surface area (Å²) >= 11 is 0. The number of carbonyl (C=O) groups is 2. The van der Waals surface area contributed by atoms with Gasteiger partial charge in [-0.2, -0.15) is 4.31 Å². The lowest BCUT2D eigenvalue weighted by Crippen LogP contribution is -2.50. The molecule has 0 spiro atoms. The maximum absolute atomic E-state index is 13.3. The molecule has 2 saturated heterocycles. The normalized spacial score (nSPS) is 25.1. The summed E-state index contributed by atoms with van der Waals surface area (Å²) in [5.74, 6) is 0.799. The number of hydrogen-bond acceptors (Lipinski definition) is 5. The molecule has 0 unspecified atom stereocenters. The summed E-state index contributed by atoms with van der Waals surface area (Å²) in [7, 11) is -3.68. The topological polar surface area (TPSA) is 87.2 Å². The molecule has 176 valence electrons. The number of benzene rings is 1. The minimum absolute atomic E-state index is 0.109. The van der Waals surface area contributed by atoms with Crippen LogP contribution in [0.15, 0.2) is 23.1 Å². The number of nitrogens with zero attached hydrogens (tertiary/aromatic N) is 3. The van der Waals surface area contributed by atoms with Crippen LogP contribution in [-0.2, 0) is 19.6 Å². The van der Waals surface area contributed by atoms with Crippen LogP contribution in [0.3, 0.4) is 0 Å². The fraction of sp³-hybridized carbons (Fsp3) is 0.652. The van der Waals surface area contributed by atoms with Crippen molar-refractivity contribution in [3.8, 4) is 5.75 Å². The Morgan fingerprint density at radius 2 is 1.72 bits per heavy atom. The average molecular weight is 464 g/mol. The molecule has 2 atom stereocenters. The summed E-state index contributed by atoms with van der Waals surface area (Å²) in [4.78, 5) is 29.1. The van der Waals surface area contributed by atoms with Gasteiger partial charge in [0.1, 0.15) is 12.3 Å². The monoisotopic (exact) mass is 463 g/mol. The van der Waals surface area contributed by atoms with E-state index in [1.54, 1.807) is 6.07 Å². The van der Waals surface area contributed by atoms with Gasteiger partial charge in [0.05, 0.1) is 10.6 Å². The highest BCUT2D eigenvalue weighted by Crippen LogP contribution is 2.35. The van der Waals surface area contributed by atoms with Gasteiger partial charge in [-0.3, -0.25) is 14.5 Å². The number of rotatable bonds is 4. The first-order valence-corrected chi connectivity index (χ1v) is 13.0. The molecule has 32 heavy (non-hydrogen) atoms. The van der Waals surface area contributed by atoms with Crippen LogP contribution in [0.1, 0.15) is 46.0 Å². The van der Waals surface area contributed by atoms with Crippen LogP contribution >= 0.6 is 0 Å². The quantitative estimate of drug-likeness (QED) is 0.685. The Balaban J connectivity index is 1.59. The Morgan fingerprint density at radius 1 is 1.06 bits per heavy atom. The lowest BCUT2D eigenvalue weighted by Gasteiger charge is -2.37. The van der Waals surface area contributed by atoms with Crippen molar-refractivity contribution in [2.24, 2.45) is 11.8 Å². The first-order chi connectivity index (χ1) is 15.3. The zero-order valence-electron chi connectivity index (χ0n) is 19.0. The molecule has 4 rings (SSSR count). The highest BCUT2D eigenvalue weighted by molar-refractivity contribution is 7.89. The van der Waals surface area contributed by atoms with Gasteiger partial charge in [-0.15, -0.1) is 0 Å². The molecular formula is C23H33N3O5S. The van der Waals surface area contributed by atoms with Crippen LogP contribution in [0.2, 0.25) is 0 Å². The maximum atomic E-state index is 13.3. The first kappa shape index (κ1) is 23.0. The molecule has 0 bridgehead atoms. The lowest BCUT2D eigenvalue weighted by atomic mass is 9.92. The van der Waals surface area contributed by atoms with Crippen molar-refractivity contribution in [3.63, 3.8) is 0 Å². The number of amides is 2. The van der Waals surface area contributed by atoms with Gasteiger partial charge in [0.15, 0.2) is 6.61 Å². The number of sulfonamides is 1. The van der Waals surface area contributed by atoms with Gasteiger partial charge in [0.2, 0.25) is 15.9 Å². The number of ether oxygens (including phenoxy) is 1. The van der Waals surface area contributed by atoms with E-state index in [2.05, 4.69) is 13.8 Å². The van der Waals surface area contributed by atoms with Crippen molar-refractivity contribution in [3.05, 3.63) is 18.2 Å². The SMILES string of the molecule is C[C@H]1C[C@H](C)CN(C(=O)CN2C(=O)COc3ccc(S(=O)(=O)N4CCCCCC4)cc32)C1. The smallest absolute Gasteiger partial charge is 0.265 e. The number of piperidine rings is 1. The lowest BCUT2D eigenvalue weighted by molar-refractivity contribution is -0.134. The van der Waals surface area contributed by atoms with Crippen molar-refractivity contribution >= 4 is 27.5 Å². The van der Waals surface area contributed by atoms with Gasteiger partial charge in [0, 0.05) is 26.2 Å². The first-order valence-electron chi connectivity index (χ1n) is 11.6. The van der Waals surface area contributed by atoms with Crippen LogP contribution in [0, 0.1) is 11.8 Å². The molecule has 1 aromatic carbocycles. The summed E-state index contributed by atoms with van der Waals surface area (Å²) in [5.41, 5.74) is 0.351. The van der Waals surface area contributed by atoms with Gasteiger partial charge in [-0.1, -0.05) is 26.7 Å². The average Bonchev–Trinajstić information content (AvgIpc) is 3.05. The number of carbonyl (C=O) groups excluding carboxylic acids is 2. The highest BCUT2D eigenvalue weighted by Gasteiger charge is 2.33. The van der Waals surface area contributed by atoms with Crippen molar-refractivity contribution in [2.75, 3.05) is 44.2 Å². The van der Waals surface area contributed by atoms with Crippen molar-refractivity contribution < 1.29 is 22.7 Å². The number of likely N-dealkylation sites (tertiary alicyclic amines) is 1. The van der Waals surface area contributed by atoms with E-state index in [1.807, 2.05) is 4.90 Å². The zero-order valence-corrected chi connectivity index (χ0v) is 19.8. The molecule has 8 nitrogen and oxygen atoms in total. The van der Waals surface area contributed by atoms with E-state index in [1.165, 1.54) is 21.3 Å². The Hall–Kier alpha value is -2.13. The fourth-order valence-electron chi connectivity index (χ4n) is 5.05. The zero-order chi connectivity index (χ0) is 22.9. The Kier molecular flexibility index (Phi) is 6.76. The largest absolute Gasteiger partial charge is 0.482 e. The summed E-state index contributed by atoms with van der Waals surface area (Å²) < 4.78 is 33.6. The molecule has 3 aliphatic rings. The molecule has 0 aliphatic carbocycles.